The summed E-state index contributed by atoms with van der Waals surface area (Å²) in [5.74, 6) is 0.0169. The number of ether oxygens (including phenoxy) is 1. The minimum atomic E-state index is -0.627. The Bertz CT molecular complexity index is 919. The van der Waals surface area contributed by atoms with Gasteiger partial charge in [-0.15, -0.1) is 0 Å². The highest BCUT2D eigenvalue weighted by Crippen LogP contribution is 2.30. The van der Waals surface area contributed by atoms with E-state index >= 15 is 0 Å². The molecule has 32 heavy (non-hydrogen) atoms. The molecular formula is C25H33N3O4. The highest BCUT2D eigenvalue weighted by molar-refractivity contribution is 5.97. The Morgan fingerprint density at radius 3 is 2.59 bits per heavy atom. The molecule has 7 nitrogen and oxygen atoms in total. The molecule has 0 saturated carbocycles. The van der Waals surface area contributed by atoms with E-state index in [9.17, 15) is 14.7 Å². The van der Waals surface area contributed by atoms with Gasteiger partial charge in [0.1, 0.15) is 12.1 Å². The standard InChI is InChI=1S/C25H33N3O4/c1-17(19-9-5-4-6-10-19)23-25(31)28(16-18-12-13-21(29)22(15-18)32-3)20(24(30)27-23)11-7-8-14-26-2/h4-6,9-10,12-13,15,17,20,23,26,29H,7-8,11,14,16H2,1-3H3,(H,27,30). The van der Waals surface area contributed by atoms with E-state index in [4.69, 9.17) is 4.74 Å². The third-order valence-corrected chi connectivity index (χ3v) is 6.10. The van der Waals surface area contributed by atoms with E-state index in [2.05, 4.69) is 10.6 Å². The lowest BCUT2D eigenvalue weighted by molar-refractivity contribution is -0.151. The predicted molar refractivity (Wildman–Crippen MR) is 124 cm³/mol. The summed E-state index contributed by atoms with van der Waals surface area (Å²) >= 11 is 0. The first-order valence-corrected chi connectivity index (χ1v) is 11.1. The SMILES string of the molecule is CNCCCCC1C(=O)NC(C(C)c2ccccc2)C(=O)N1Cc1ccc(O)c(OC)c1. The van der Waals surface area contributed by atoms with Crippen LogP contribution in [-0.4, -0.2) is 54.6 Å². The van der Waals surface area contributed by atoms with Crippen LogP contribution in [0, 0.1) is 0 Å². The van der Waals surface area contributed by atoms with Gasteiger partial charge in [-0.05, 0) is 56.1 Å². The monoisotopic (exact) mass is 439 g/mol. The molecule has 1 heterocycles. The number of aromatic hydroxyl groups is 1. The van der Waals surface area contributed by atoms with Crippen LogP contribution in [0.3, 0.4) is 0 Å². The second-order valence-corrected chi connectivity index (χ2v) is 8.27. The molecule has 1 fully saturated rings. The number of benzene rings is 2. The van der Waals surface area contributed by atoms with Gasteiger partial charge in [-0.25, -0.2) is 0 Å². The number of carbonyl (C=O) groups excluding carboxylic acids is 2. The molecular weight excluding hydrogens is 406 g/mol. The van der Waals surface area contributed by atoms with Crippen molar-refractivity contribution >= 4 is 11.8 Å². The molecule has 0 bridgehead atoms. The van der Waals surface area contributed by atoms with Gasteiger partial charge in [0.25, 0.3) is 0 Å². The maximum atomic E-state index is 13.6. The summed E-state index contributed by atoms with van der Waals surface area (Å²) < 4.78 is 5.22. The van der Waals surface area contributed by atoms with Crippen molar-refractivity contribution in [3.8, 4) is 11.5 Å². The Morgan fingerprint density at radius 2 is 1.91 bits per heavy atom. The Balaban J connectivity index is 1.86. The van der Waals surface area contributed by atoms with E-state index in [1.54, 1.807) is 23.1 Å². The number of phenols is 1. The molecule has 1 aliphatic rings. The van der Waals surface area contributed by atoms with Crippen LogP contribution in [0.4, 0.5) is 0 Å². The maximum Gasteiger partial charge on any atom is 0.246 e. The maximum absolute atomic E-state index is 13.6. The van der Waals surface area contributed by atoms with Crippen molar-refractivity contribution in [1.82, 2.24) is 15.5 Å². The van der Waals surface area contributed by atoms with Gasteiger partial charge < -0.3 is 25.4 Å². The largest absolute Gasteiger partial charge is 0.504 e. The Hall–Kier alpha value is -3.06. The van der Waals surface area contributed by atoms with E-state index < -0.39 is 12.1 Å². The Morgan fingerprint density at radius 1 is 1.16 bits per heavy atom. The molecule has 3 atom stereocenters. The number of hydrogen-bond acceptors (Lipinski definition) is 5. The van der Waals surface area contributed by atoms with Crippen LogP contribution in [-0.2, 0) is 16.1 Å². The van der Waals surface area contributed by atoms with Crippen molar-refractivity contribution in [3.05, 3.63) is 59.7 Å². The Labute approximate surface area is 189 Å². The van der Waals surface area contributed by atoms with Crippen LogP contribution in [0.25, 0.3) is 0 Å². The van der Waals surface area contributed by atoms with Crippen molar-refractivity contribution in [1.29, 1.82) is 0 Å². The fourth-order valence-electron chi connectivity index (χ4n) is 4.20. The van der Waals surface area contributed by atoms with Crippen molar-refractivity contribution in [2.75, 3.05) is 20.7 Å². The summed E-state index contributed by atoms with van der Waals surface area (Å²) in [4.78, 5) is 28.5. The highest BCUT2D eigenvalue weighted by Gasteiger charge is 2.42. The number of nitrogens with one attached hydrogen (secondary N) is 2. The van der Waals surface area contributed by atoms with Gasteiger partial charge in [-0.2, -0.15) is 0 Å². The van der Waals surface area contributed by atoms with Gasteiger partial charge in [0.05, 0.1) is 7.11 Å². The molecule has 3 N–H and O–H groups in total. The van der Waals surface area contributed by atoms with E-state index in [0.29, 0.717) is 12.2 Å². The first kappa shape index (κ1) is 23.6. The van der Waals surface area contributed by atoms with Crippen LogP contribution in [0.2, 0.25) is 0 Å². The lowest BCUT2D eigenvalue weighted by Crippen LogP contribution is -2.64. The molecule has 3 unspecified atom stereocenters. The van der Waals surface area contributed by atoms with Crippen LogP contribution < -0.4 is 15.4 Å². The topological polar surface area (TPSA) is 90.9 Å². The number of unbranched alkanes of at least 4 members (excludes halogenated alkanes) is 1. The summed E-state index contributed by atoms with van der Waals surface area (Å²) in [7, 11) is 3.39. The van der Waals surface area contributed by atoms with Crippen molar-refractivity contribution < 1.29 is 19.4 Å². The normalized spacial score (nSPS) is 19.5. The van der Waals surface area contributed by atoms with Gasteiger partial charge in [0, 0.05) is 12.5 Å². The zero-order chi connectivity index (χ0) is 23.1. The van der Waals surface area contributed by atoms with Gasteiger partial charge in [-0.3, -0.25) is 9.59 Å². The zero-order valence-electron chi connectivity index (χ0n) is 19.0. The number of hydrogen-bond donors (Lipinski definition) is 3. The number of piperazine rings is 1. The van der Waals surface area contributed by atoms with Gasteiger partial charge >= 0.3 is 0 Å². The molecule has 0 radical (unpaired) electrons. The molecule has 0 aromatic heterocycles. The molecule has 2 aromatic rings. The summed E-state index contributed by atoms with van der Waals surface area (Å²) in [6, 6.07) is 13.6. The highest BCUT2D eigenvalue weighted by atomic mass is 16.5. The average molecular weight is 440 g/mol. The van der Waals surface area contributed by atoms with Crippen LogP contribution in [0.1, 0.15) is 43.2 Å². The van der Waals surface area contributed by atoms with E-state index in [1.807, 2.05) is 44.3 Å². The lowest BCUT2D eigenvalue weighted by Gasteiger charge is -2.41. The molecule has 2 aromatic carbocycles. The lowest BCUT2D eigenvalue weighted by atomic mass is 9.89. The molecule has 172 valence electrons. The number of amides is 2. The third-order valence-electron chi connectivity index (χ3n) is 6.10. The van der Waals surface area contributed by atoms with Crippen molar-refractivity contribution in [2.24, 2.45) is 0 Å². The fraction of sp³-hybridized carbons (Fsp3) is 0.440. The third kappa shape index (κ3) is 5.40. The smallest absolute Gasteiger partial charge is 0.246 e. The molecule has 1 aliphatic heterocycles. The summed E-state index contributed by atoms with van der Waals surface area (Å²) in [6.45, 7) is 3.11. The Kier molecular flexibility index (Phi) is 8.11. The number of carbonyl (C=O) groups is 2. The van der Waals surface area contributed by atoms with E-state index in [0.717, 1.165) is 30.5 Å². The second kappa shape index (κ2) is 11.0. The number of nitrogens with zero attached hydrogens (tertiary/aromatic N) is 1. The number of rotatable bonds is 10. The summed E-state index contributed by atoms with van der Waals surface area (Å²) in [5, 5.41) is 16.0. The van der Waals surface area contributed by atoms with E-state index in [-0.39, 0.29) is 30.0 Å². The minimum absolute atomic E-state index is 0.0400. The van der Waals surface area contributed by atoms with Gasteiger partial charge in [0.2, 0.25) is 11.8 Å². The molecule has 1 saturated heterocycles. The van der Waals surface area contributed by atoms with Crippen molar-refractivity contribution in [2.45, 2.75) is 50.7 Å². The van der Waals surface area contributed by atoms with E-state index in [1.165, 1.54) is 7.11 Å². The second-order valence-electron chi connectivity index (χ2n) is 8.27. The molecule has 2 amide bonds. The van der Waals surface area contributed by atoms with Gasteiger partial charge in [0.15, 0.2) is 11.5 Å². The molecule has 3 rings (SSSR count). The number of phenolic OH excluding ortho intramolecular Hbond substituents is 1. The quantitative estimate of drug-likeness (QED) is 0.495. The average Bonchev–Trinajstić information content (AvgIpc) is 2.81. The molecule has 0 spiro atoms. The first-order valence-electron chi connectivity index (χ1n) is 11.1. The van der Waals surface area contributed by atoms with Crippen LogP contribution in [0.15, 0.2) is 48.5 Å². The van der Waals surface area contributed by atoms with Crippen LogP contribution in [0.5, 0.6) is 11.5 Å². The molecule has 7 heteroatoms. The predicted octanol–water partition coefficient (Wildman–Crippen LogP) is 2.79. The fourth-order valence-corrected chi connectivity index (χ4v) is 4.20. The summed E-state index contributed by atoms with van der Waals surface area (Å²) in [5.41, 5.74) is 1.80. The zero-order valence-corrected chi connectivity index (χ0v) is 19.0. The minimum Gasteiger partial charge on any atom is -0.504 e. The van der Waals surface area contributed by atoms with Gasteiger partial charge in [-0.1, -0.05) is 43.3 Å². The summed E-state index contributed by atoms with van der Waals surface area (Å²) in [6.07, 6.45) is 2.36. The molecule has 0 aliphatic carbocycles. The number of methoxy groups -OCH3 is 1. The van der Waals surface area contributed by atoms with Crippen LogP contribution >= 0.6 is 0 Å². The first-order chi connectivity index (χ1) is 15.5. The van der Waals surface area contributed by atoms with Crippen molar-refractivity contribution in [3.63, 3.8) is 0 Å².